The molecule has 1 heterocycles. The Labute approximate surface area is 136 Å². The van der Waals surface area contributed by atoms with Gasteiger partial charge in [-0.1, -0.05) is 0 Å². The first-order chi connectivity index (χ1) is 10.0. The van der Waals surface area contributed by atoms with Crippen LogP contribution in [0.1, 0.15) is 30.1 Å². The molecule has 1 amide bonds. The van der Waals surface area contributed by atoms with Crippen LogP contribution < -0.4 is 0 Å². The molecule has 6 heteroatoms. The minimum absolute atomic E-state index is 0.159. The lowest BCUT2D eigenvalue weighted by molar-refractivity contribution is -0.149. The van der Waals surface area contributed by atoms with Crippen LogP contribution in [-0.2, 0) is 9.53 Å². The molecule has 1 aromatic rings. The summed E-state index contributed by atoms with van der Waals surface area (Å²) in [5.74, 6) is -1.03. The van der Waals surface area contributed by atoms with Crippen LogP contribution in [-0.4, -0.2) is 36.5 Å². The molecule has 0 radical (unpaired) electrons. The molecule has 2 rings (SSSR count). The van der Waals surface area contributed by atoms with Crippen molar-refractivity contribution in [1.29, 1.82) is 0 Å². The maximum absolute atomic E-state index is 13.1. The van der Waals surface area contributed by atoms with E-state index in [1.165, 1.54) is 18.2 Å². The first-order valence-electron chi connectivity index (χ1n) is 6.94. The Morgan fingerprint density at radius 2 is 2.24 bits per heavy atom. The van der Waals surface area contributed by atoms with E-state index in [1.807, 2.05) is 22.6 Å². The molecule has 0 aromatic heterocycles. The summed E-state index contributed by atoms with van der Waals surface area (Å²) in [7, 11) is 0. The zero-order chi connectivity index (χ0) is 15.4. The minimum Gasteiger partial charge on any atom is -0.466 e. The first kappa shape index (κ1) is 16.2. The third kappa shape index (κ3) is 3.93. The van der Waals surface area contributed by atoms with Gasteiger partial charge in [-0.05, 0) is 60.6 Å². The van der Waals surface area contributed by atoms with E-state index in [0.29, 0.717) is 28.8 Å². The Kier molecular flexibility index (Phi) is 5.55. The van der Waals surface area contributed by atoms with Crippen molar-refractivity contribution in [3.63, 3.8) is 0 Å². The second-order valence-corrected chi connectivity index (χ2v) is 6.13. The Bertz CT molecular complexity index is 550. The summed E-state index contributed by atoms with van der Waals surface area (Å²) in [6.07, 6.45) is 1.51. The highest BCUT2D eigenvalue weighted by Gasteiger charge is 2.30. The molecule has 1 saturated heterocycles. The smallest absolute Gasteiger partial charge is 0.310 e. The Balaban J connectivity index is 2.10. The Morgan fingerprint density at radius 1 is 1.48 bits per heavy atom. The average Bonchev–Trinajstić information content (AvgIpc) is 2.47. The van der Waals surface area contributed by atoms with Gasteiger partial charge in [-0.25, -0.2) is 4.39 Å². The number of hydrogen-bond acceptors (Lipinski definition) is 3. The molecule has 0 bridgehead atoms. The Hall–Kier alpha value is -1.18. The van der Waals surface area contributed by atoms with Gasteiger partial charge in [0.05, 0.1) is 18.1 Å². The lowest BCUT2D eigenvalue weighted by Crippen LogP contribution is -2.43. The van der Waals surface area contributed by atoms with Crippen molar-refractivity contribution in [3.05, 3.63) is 33.1 Å². The van der Waals surface area contributed by atoms with Crippen molar-refractivity contribution in [2.24, 2.45) is 5.92 Å². The molecular formula is C15H17FINO3. The molecule has 21 heavy (non-hydrogen) atoms. The van der Waals surface area contributed by atoms with Crippen LogP contribution in [0, 0.1) is 15.3 Å². The number of carbonyl (C=O) groups is 2. The van der Waals surface area contributed by atoms with Gasteiger partial charge < -0.3 is 9.64 Å². The number of halogens is 2. The van der Waals surface area contributed by atoms with Gasteiger partial charge in [-0.3, -0.25) is 9.59 Å². The van der Waals surface area contributed by atoms with Crippen LogP contribution in [0.4, 0.5) is 4.39 Å². The van der Waals surface area contributed by atoms with Gasteiger partial charge in [-0.15, -0.1) is 0 Å². The summed E-state index contributed by atoms with van der Waals surface area (Å²) in [6, 6.07) is 4.11. The summed E-state index contributed by atoms with van der Waals surface area (Å²) in [5, 5.41) is 0. The van der Waals surface area contributed by atoms with Gasteiger partial charge in [0.2, 0.25) is 0 Å². The SMILES string of the molecule is CCOC(=O)[C@H]1CCCN(C(=O)c2ccc(F)cc2I)C1. The van der Waals surface area contributed by atoms with E-state index >= 15 is 0 Å². The van der Waals surface area contributed by atoms with Gasteiger partial charge in [-0.2, -0.15) is 0 Å². The number of hydrogen-bond donors (Lipinski definition) is 0. The zero-order valence-corrected chi connectivity index (χ0v) is 13.9. The number of esters is 1. The molecule has 0 unspecified atom stereocenters. The predicted octanol–water partition coefficient (Wildman–Crippen LogP) is 2.85. The van der Waals surface area contributed by atoms with E-state index in [0.717, 1.165) is 12.8 Å². The predicted molar refractivity (Wildman–Crippen MR) is 84.4 cm³/mol. The van der Waals surface area contributed by atoms with E-state index in [4.69, 9.17) is 4.74 Å². The van der Waals surface area contributed by atoms with E-state index in [9.17, 15) is 14.0 Å². The summed E-state index contributed by atoms with van der Waals surface area (Å²) >= 11 is 1.95. The number of carbonyl (C=O) groups excluding carboxylic acids is 2. The van der Waals surface area contributed by atoms with Crippen molar-refractivity contribution in [2.45, 2.75) is 19.8 Å². The highest BCUT2D eigenvalue weighted by Crippen LogP contribution is 2.22. The maximum Gasteiger partial charge on any atom is 0.310 e. The number of benzene rings is 1. The van der Waals surface area contributed by atoms with Crippen molar-refractivity contribution in [3.8, 4) is 0 Å². The largest absolute Gasteiger partial charge is 0.466 e. The summed E-state index contributed by atoms with van der Waals surface area (Å²) in [6.45, 7) is 3.09. The minimum atomic E-state index is -0.362. The van der Waals surface area contributed by atoms with Gasteiger partial charge in [0, 0.05) is 16.7 Å². The molecule has 114 valence electrons. The van der Waals surface area contributed by atoms with E-state index < -0.39 is 0 Å². The van der Waals surface area contributed by atoms with E-state index in [1.54, 1.807) is 11.8 Å². The topological polar surface area (TPSA) is 46.6 Å². The third-order valence-corrected chi connectivity index (χ3v) is 4.38. The molecule has 1 aliphatic rings. The van der Waals surface area contributed by atoms with Crippen molar-refractivity contribution < 1.29 is 18.7 Å². The highest BCUT2D eigenvalue weighted by molar-refractivity contribution is 14.1. The zero-order valence-electron chi connectivity index (χ0n) is 11.8. The van der Waals surface area contributed by atoms with E-state index in [2.05, 4.69) is 0 Å². The molecule has 1 aromatic carbocycles. The average molecular weight is 405 g/mol. The molecule has 0 N–H and O–H groups in total. The summed E-state index contributed by atoms with van der Waals surface area (Å²) in [4.78, 5) is 26.0. The number of amides is 1. The molecule has 1 fully saturated rings. The fourth-order valence-corrected chi connectivity index (χ4v) is 3.16. The molecular weight excluding hydrogens is 388 g/mol. The maximum atomic E-state index is 13.1. The second-order valence-electron chi connectivity index (χ2n) is 4.97. The quantitative estimate of drug-likeness (QED) is 0.574. The normalized spacial score (nSPS) is 18.4. The lowest BCUT2D eigenvalue weighted by Gasteiger charge is -2.31. The first-order valence-corrected chi connectivity index (χ1v) is 8.01. The number of likely N-dealkylation sites (tertiary alicyclic amines) is 1. The lowest BCUT2D eigenvalue weighted by atomic mass is 9.97. The van der Waals surface area contributed by atoms with Crippen LogP contribution >= 0.6 is 22.6 Å². The van der Waals surface area contributed by atoms with Gasteiger partial charge in [0.15, 0.2) is 0 Å². The Morgan fingerprint density at radius 3 is 2.90 bits per heavy atom. The fourth-order valence-electron chi connectivity index (χ4n) is 2.45. The summed E-state index contributed by atoms with van der Waals surface area (Å²) < 4.78 is 18.7. The van der Waals surface area contributed by atoms with Crippen molar-refractivity contribution >= 4 is 34.5 Å². The number of piperidine rings is 1. The standard InChI is InChI=1S/C15H17FINO3/c1-2-21-15(20)10-4-3-7-18(9-10)14(19)12-6-5-11(16)8-13(12)17/h5-6,8,10H,2-4,7,9H2,1H3/t10-/m0/s1. The van der Waals surface area contributed by atoms with E-state index in [-0.39, 0.29) is 23.6 Å². The number of nitrogens with zero attached hydrogens (tertiary/aromatic N) is 1. The van der Waals surface area contributed by atoms with Crippen molar-refractivity contribution in [2.75, 3.05) is 19.7 Å². The van der Waals surface area contributed by atoms with Crippen molar-refractivity contribution in [1.82, 2.24) is 4.90 Å². The number of ether oxygens (including phenoxy) is 1. The van der Waals surface area contributed by atoms with Gasteiger partial charge in [0.1, 0.15) is 5.82 Å². The molecule has 0 aliphatic carbocycles. The third-order valence-electron chi connectivity index (χ3n) is 3.49. The van der Waals surface area contributed by atoms with Crippen LogP contribution in [0.2, 0.25) is 0 Å². The molecule has 0 saturated carbocycles. The van der Waals surface area contributed by atoms with Crippen LogP contribution in [0.15, 0.2) is 18.2 Å². The fraction of sp³-hybridized carbons (Fsp3) is 0.467. The molecule has 1 aliphatic heterocycles. The highest BCUT2D eigenvalue weighted by atomic mass is 127. The van der Waals surface area contributed by atoms with Crippen LogP contribution in [0.3, 0.4) is 0 Å². The second kappa shape index (κ2) is 7.20. The summed E-state index contributed by atoms with van der Waals surface area (Å²) in [5.41, 5.74) is 0.474. The van der Waals surface area contributed by atoms with Crippen LogP contribution in [0.5, 0.6) is 0 Å². The molecule has 1 atom stereocenters. The van der Waals surface area contributed by atoms with Gasteiger partial charge >= 0.3 is 5.97 Å². The van der Waals surface area contributed by atoms with Crippen LogP contribution in [0.25, 0.3) is 0 Å². The van der Waals surface area contributed by atoms with Gasteiger partial charge in [0.25, 0.3) is 5.91 Å². The molecule has 4 nitrogen and oxygen atoms in total. The molecule has 0 spiro atoms. The monoisotopic (exact) mass is 405 g/mol. The number of rotatable bonds is 3.